The van der Waals surface area contributed by atoms with Gasteiger partial charge in [0, 0.05) is 29.1 Å². The van der Waals surface area contributed by atoms with Crippen molar-refractivity contribution < 1.29 is 28.5 Å². The fourth-order valence-corrected chi connectivity index (χ4v) is 3.63. The monoisotopic (exact) mass is 490 g/mol. The number of allylic oxidation sites excluding steroid dienone is 1. The van der Waals surface area contributed by atoms with Crippen LogP contribution < -0.4 is 34.7 Å². The van der Waals surface area contributed by atoms with Crippen LogP contribution in [0, 0.1) is 0 Å². The summed E-state index contributed by atoms with van der Waals surface area (Å²) in [6.07, 6.45) is 6.76. The summed E-state index contributed by atoms with van der Waals surface area (Å²) in [5, 5.41) is 3.16. The normalized spacial score (nSPS) is 10.9. The molecule has 0 aliphatic heterocycles. The molecule has 0 amide bonds. The molecule has 36 heavy (non-hydrogen) atoms. The summed E-state index contributed by atoms with van der Waals surface area (Å²) in [6.45, 7) is 0. The number of ketones is 1. The van der Waals surface area contributed by atoms with Gasteiger partial charge in [-0.15, -0.1) is 0 Å². The van der Waals surface area contributed by atoms with Crippen molar-refractivity contribution in [3.05, 3.63) is 77.5 Å². The zero-order valence-electron chi connectivity index (χ0n) is 21.0. The number of rotatable bonds is 11. The highest BCUT2D eigenvalue weighted by atomic mass is 16.5. The third kappa shape index (κ3) is 5.72. The summed E-state index contributed by atoms with van der Waals surface area (Å²) in [4.78, 5) is 12.6. The van der Waals surface area contributed by atoms with E-state index in [9.17, 15) is 4.79 Å². The van der Waals surface area contributed by atoms with E-state index >= 15 is 0 Å². The zero-order chi connectivity index (χ0) is 26.1. The minimum atomic E-state index is -0.225. The lowest BCUT2D eigenvalue weighted by Crippen LogP contribution is -2.02. The molecule has 0 heterocycles. The molecule has 0 aliphatic rings. The molecule has 0 atom stereocenters. The molecule has 0 fully saturated rings. The number of hydrogen-bond donors (Lipinski definition) is 2. The van der Waals surface area contributed by atoms with E-state index in [0.29, 0.717) is 45.7 Å². The molecule has 188 valence electrons. The first kappa shape index (κ1) is 26.0. The summed E-state index contributed by atoms with van der Waals surface area (Å²) in [5.74, 6) is 2.40. The van der Waals surface area contributed by atoms with Crippen molar-refractivity contribution in [1.29, 1.82) is 0 Å². The van der Waals surface area contributed by atoms with Crippen molar-refractivity contribution in [2.45, 2.75) is 0 Å². The Labute approximate surface area is 210 Å². The molecule has 3 N–H and O–H groups in total. The Balaban J connectivity index is 1.97. The maximum Gasteiger partial charge on any atom is 0.203 e. The quantitative estimate of drug-likeness (QED) is 0.162. The van der Waals surface area contributed by atoms with Gasteiger partial charge in [0.15, 0.2) is 28.8 Å². The first-order valence-electron chi connectivity index (χ1n) is 11.0. The number of ether oxygens (including phenoxy) is 5. The highest BCUT2D eigenvalue weighted by molar-refractivity contribution is 6.08. The minimum absolute atomic E-state index is 0.225. The number of hydrogen-bond acceptors (Lipinski definition) is 8. The number of carbonyl (C=O) groups is 1. The van der Waals surface area contributed by atoms with Crippen molar-refractivity contribution >= 4 is 29.3 Å². The lowest BCUT2D eigenvalue weighted by Gasteiger charge is -2.15. The van der Waals surface area contributed by atoms with E-state index in [-0.39, 0.29) is 5.78 Å². The molecule has 0 saturated carbocycles. The predicted molar refractivity (Wildman–Crippen MR) is 143 cm³/mol. The second kappa shape index (κ2) is 12.2. The van der Waals surface area contributed by atoms with Crippen LogP contribution >= 0.6 is 0 Å². The van der Waals surface area contributed by atoms with Gasteiger partial charge in [0.05, 0.1) is 41.2 Å². The van der Waals surface area contributed by atoms with Gasteiger partial charge in [-0.05, 0) is 42.0 Å². The van der Waals surface area contributed by atoms with Crippen LogP contribution in [0.5, 0.6) is 28.7 Å². The molecule has 0 aliphatic carbocycles. The second-order valence-corrected chi connectivity index (χ2v) is 7.49. The van der Waals surface area contributed by atoms with Crippen molar-refractivity contribution in [1.82, 2.24) is 0 Å². The van der Waals surface area contributed by atoms with Crippen LogP contribution in [-0.2, 0) is 0 Å². The zero-order valence-corrected chi connectivity index (χ0v) is 21.0. The SMILES string of the molecule is COc1cc(C=Cc2ccc(OC)c(OC)c2NC=CC(=O)c2ccccc2N)cc(OC)c1OC. The molecule has 0 bridgehead atoms. The highest BCUT2D eigenvalue weighted by Gasteiger charge is 2.15. The average molecular weight is 491 g/mol. The Kier molecular flexibility index (Phi) is 8.83. The van der Waals surface area contributed by atoms with Crippen LogP contribution in [0.3, 0.4) is 0 Å². The maximum atomic E-state index is 12.6. The van der Waals surface area contributed by atoms with Crippen molar-refractivity contribution in [3.63, 3.8) is 0 Å². The van der Waals surface area contributed by atoms with Crippen molar-refractivity contribution in [3.8, 4) is 28.7 Å². The lowest BCUT2D eigenvalue weighted by atomic mass is 10.1. The lowest BCUT2D eigenvalue weighted by molar-refractivity contribution is 0.104. The van der Waals surface area contributed by atoms with Crippen LogP contribution in [0.1, 0.15) is 21.5 Å². The molecule has 3 rings (SSSR count). The molecular weight excluding hydrogens is 460 g/mol. The van der Waals surface area contributed by atoms with E-state index in [0.717, 1.165) is 11.1 Å². The summed E-state index contributed by atoms with van der Waals surface area (Å²) in [7, 11) is 7.80. The summed E-state index contributed by atoms with van der Waals surface area (Å²) in [5.41, 5.74) is 9.00. The first-order chi connectivity index (χ1) is 17.5. The van der Waals surface area contributed by atoms with Gasteiger partial charge in [-0.3, -0.25) is 4.79 Å². The molecule has 0 radical (unpaired) electrons. The Morgan fingerprint density at radius 3 is 2.00 bits per heavy atom. The maximum absolute atomic E-state index is 12.6. The molecule has 8 heteroatoms. The van der Waals surface area contributed by atoms with Crippen molar-refractivity contribution in [2.75, 3.05) is 46.6 Å². The van der Waals surface area contributed by atoms with Crippen LogP contribution in [0.25, 0.3) is 12.2 Å². The van der Waals surface area contributed by atoms with E-state index < -0.39 is 0 Å². The summed E-state index contributed by atoms with van der Waals surface area (Å²) in [6, 6.07) is 14.3. The topological polar surface area (TPSA) is 101 Å². The molecule has 3 aromatic carbocycles. The van der Waals surface area contributed by atoms with E-state index in [1.165, 1.54) is 6.08 Å². The molecule has 8 nitrogen and oxygen atoms in total. The molecule has 3 aromatic rings. The fourth-order valence-electron chi connectivity index (χ4n) is 3.63. The Morgan fingerprint density at radius 1 is 0.778 bits per heavy atom. The Bertz CT molecular complexity index is 1260. The fraction of sp³-hybridized carbons (Fsp3) is 0.179. The van der Waals surface area contributed by atoms with Gasteiger partial charge >= 0.3 is 0 Å². The second-order valence-electron chi connectivity index (χ2n) is 7.49. The van der Waals surface area contributed by atoms with Gasteiger partial charge in [-0.2, -0.15) is 0 Å². The van der Waals surface area contributed by atoms with Gasteiger partial charge in [-0.25, -0.2) is 0 Å². The van der Waals surface area contributed by atoms with E-state index in [1.54, 1.807) is 72.1 Å². The van der Waals surface area contributed by atoms with Gasteiger partial charge in [0.25, 0.3) is 0 Å². The number of methoxy groups -OCH3 is 5. The van der Waals surface area contributed by atoms with Crippen LogP contribution in [0.15, 0.2) is 60.8 Å². The number of nitrogens with one attached hydrogen (secondary N) is 1. The standard InChI is InChI=1S/C28H30N2O6/c1-32-23-13-12-19(11-10-18-16-24(33-2)27(35-4)25(17-18)34-3)26(28(23)36-5)30-15-14-22(31)20-8-6-7-9-21(20)29/h6-17,30H,29H2,1-5H3. The van der Waals surface area contributed by atoms with E-state index in [4.69, 9.17) is 29.4 Å². The predicted octanol–water partition coefficient (Wildman–Crippen LogP) is 5.29. The molecule has 0 saturated heterocycles. The Hall–Kier alpha value is -4.59. The number of nitrogen functional groups attached to an aromatic ring is 1. The van der Waals surface area contributed by atoms with Crippen LogP contribution in [0.2, 0.25) is 0 Å². The van der Waals surface area contributed by atoms with Gasteiger partial charge < -0.3 is 34.7 Å². The van der Waals surface area contributed by atoms with Gasteiger partial charge in [0.2, 0.25) is 5.75 Å². The number of carbonyl (C=O) groups excluding carboxylic acids is 1. The molecular formula is C28H30N2O6. The number of para-hydroxylation sites is 1. The average Bonchev–Trinajstić information content (AvgIpc) is 2.91. The number of anilines is 2. The minimum Gasteiger partial charge on any atom is -0.493 e. The third-order valence-corrected chi connectivity index (χ3v) is 5.41. The van der Waals surface area contributed by atoms with Gasteiger partial charge in [0.1, 0.15) is 0 Å². The highest BCUT2D eigenvalue weighted by Crippen LogP contribution is 2.40. The smallest absolute Gasteiger partial charge is 0.203 e. The van der Waals surface area contributed by atoms with Crippen LogP contribution in [-0.4, -0.2) is 41.3 Å². The van der Waals surface area contributed by atoms with Gasteiger partial charge in [-0.1, -0.05) is 24.3 Å². The molecule has 0 aromatic heterocycles. The summed E-state index contributed by atoms with van der Waals surface area (Å²) < 4.78 is 27.3. The van der Waals surface area contributed by atoms with Crippen molar-refractivity contribution in [2.24, 2.45) is 0 Å². The largest absolute Gasteiger partial charge is 0.493 e. The molecule has 0 unspecified atom stereocenters. The van der Waals surface area contributed by atoms with E-state index in [2.05, 4.69) is 5.32 Å². The van der Waals surface area contributed by atoms with E-state index in [1.807, 2.05) is 30.4 Å². The molecule has 0 spiro atoms. The Morgan fingerprint density at radius 2 is 1.42 bits per heavy atom. The number of nitrogens with two attached hydrogens (primary N) is 1. The van der Waals surface area contributed by atoms with Crippen LogP contribution in [0.4, 0.5) is 11.4 Å². The number of benzene rings is 3. The first-order valence-corrected chi connectivity index (χ1v) is 11.0. The summed E-state index contributed by atoms with van der Waals surface area (Å²) >= 11 is 0. The third-order valence-electron chi connectivity index (χ3n) is 5.41.